The highest BCUT2D eigenvalue weighted by molar-refractivity contribution is 6.31. The first-order chi connectivity index (χ1) is 9.97. The van der Waals surface area contributed by atoms with Crippen molar-refractivity contribution in [3.8, 4) is 0 Å². The van der Waals surface area contributed by atoms with Crippen molar-refractivity contribution in [3.63, 3.8) is 0 Å². The smallest absolute Gasteiger partial charge is 0.356 e. The molecule has 1 N–H and O–H groups in total. The fourth-order valence-electron chi connectivity index (χ4n) is 1.99. The Labute approximate surface area is 125 Å². The summed E-state index contributed by atoms with van der Waals surface area (Å²) in [6.07, 6.45) is 0.677. The van der Waals surface area contributed by atoms with Gasteiger partial charge in [0.1, 0.15) is 0 Å². The quantitative estimate of drug-likeness (QED) is 0.902. The van der Waals surface area contributed by atoms with Gasteiger partial charge in [0.05, 0.1) is 23.0 Å². The van der Waals surface area contributed by atoms with Gasteiger partial charge in [-0.05, 0) is 19.4 Å². The highest BCUT2D eigenvalue weighted by Gasteiger charge is 2.16. The number of aryl methyl sites for hydroxylation is 2. The topological polar surface area (TPSA) is 90.0 Å². The van der Waals surface area contributed by atoms with Gasteiger partial charge in [-0.3, -0.25) is 9.48 Å². The van der Waals surface area contributed by atoms with Crippen LogP contribution in [0.2, 0.25) is 5.02 Å². The van der Waals surface area contributed by atoms with Crippen molar-refractivity contribution in [2.45, 2.75) is 33.4 Å². The normalized spacial score (nSPS) is 10.8. The second-order valence-electron chi connectivity index (χ2n) is 4.40. The number of nitrogens with zero attached hydrogens (tertiary/aromatic N) is 4. The number of carboxylic acids is 1. The number of carboxylic acid groups (broad SMARTS) is 1. The summed E-state index contributed by atoms with van der Waals surface area (Å²) in [6.45, 7) is 4.53. The summed E-state index contributed by atoms with van der Waals surface area (Å²) < 4.78 is 2.78. The molecule has 8 heteroatoms. The summed E-state index contributed by atoms with van der Waals surface area (Å²) in [6, 6.07) is 2.36. The van der Waals surface area contributed by atoms with Crippen LogP contribution in [0, 0.1) is 0 Å². The maximum absolute atomic E-state index is 11.8. The molecule has 2 aromatic rings. The van der Waals surface area contributed by atoms with Crippen LogP contribution in [0.3, 0.4) is 0 Å². The standard InChI is InChI=1S/C13H15ClN4O3/c1-3-8-12(14)10(17(4-2)15-8)7-18-11(19)6-5-9(16-18)13(20)21/h5-6H,3-4,7H2,1-2H3,(H,20,21). The van der Waals surface area contributed by atoms with E-state index in [4.69, 9.17) is 16.7 Å². The fraction of sp³-hybridized carbons (Fsp3) is 0.385. The Balaban J connectivity index is 2.47. The Kier molecular flexibility index (Phi) is 4.42. The average Bonchev–Trinajstić information content (AvgIpc) is 2.77. The third kappa shape index (κ3) is 2.97. The third-order valence-corrected chi connectivity index (χ3v) is 3.52. The summed E-state index contributed by atoms with van der Waals surface area (Å²) in [4.78, 5) is 22.8. The van der Waals surface area contributed by atoms with Crippen molar-refractivity contribution in [3.05, 3.63) is 44.6 Å². The predicted molar refractivity (Wildman–Crippen MR) is 76.8 cm³/mol. The zero-order valence-corrected chi connectivity index (χ0v) is 12.5. The molecule has 2 rings (SSSR count). The predicted octanol–water partition coefficient (Wildman–Crippen LogP) is 1.42. The Hall–Kier alpha value is -2.15. The van der Waals surface area contributed by atoms with E-state index < -0.39 is 11.5 Å². The van der Waals surface area contributed by atoms with E-state index in [0.29, 0.717) is 23.7 Å². The van der Waals surface area contributed by atoms with Gasteiger partial charge in [-0.2, -0.15) is 10.2 Å². The lowest BCUT2D eigenvalue weighted by Gasteiger charge is -2.07. The molecule has 0 aromatic carbocycles. The Morgan fingerprint density at radius 1 is 1.29 bits per heavy atom. The van der Waals surface area contributed by atoms with E-state index in [9.17, 15) is 9.59 Å². The highest BCUT2D eigenvalue weighted by Crippen LogP contribution is 2.22. The number of aromatic nitrogens is 4. The number of hydrogen-bond donors (Lipinski definition) is 1. The summed E-state index contributed by atoms with van der Waals surface area (Å²) in [5.74, 6) is -1.19. The molecule has 7 nitrogen and oxygen atoms in total. The van der Waals surface area contributed by atoms with Crippen LogP contribution in [-0.4, -0.2) is 30.6 Å². The first-order valence-corrected chi connectivity index (χ1v) is 6.91. The van der Waals surface area contributed by atoms with Gasteiger partial charge in [0.25, 0.3) is 5.56 Å². The lowest BCUT2D eigenvalue weighted by atomic mass is 10.3. The summed E-state index contributed by atoms with van der Waals surface area (Å²) >= 11 is 6.27. The van der Waals surface area contributed by atoms with Crippen molar-refractivity contribution < 1.29 is 9.90 Å². The van der Waals surface area contributed by atoms with Crippen LogP contribution in [0.4, 0.5) is 0 Å². The molecule has 0 unspecified atom stereocenters. The largest absolute Gasteiger partial charge is 0.476 e. The third-order valence-electron chi connectivity index (χ3n) is 3.08. The molecule has 21 heavy (non-hydrogen) atoms. The molecule has 0 amide bonds. The molecule has 0 atom stereocenters. The fourth-order valence-corrected chi connectivity index (χ4v) is 2.32. The molecule has 0 fully saturated rings. The maximum atomic E-state index is 11.8. The Bertz CT molecular complexity index is 736. The molecule has 0 aliphatic rings. The lowest BCUT2D eigenvalue weighted by molar-refractivity contribution is 0.0687. The minimum atomic E-state index is -1.19. The zero-order valence-electron chi connectivity index (χ0n) is 11.7. The molecule has 2 aromatic heterocycles. The lowest BCUT2D eigenvalue weighted by Crippen LogP contribution is -2.26. The number of carbonyl (C=O) groups is 1. The van der Waals surface area contributed by atoms with Crippen LogP contribution in [0.1, 0.15) is 35.7 Å². The number of halogens is 1. The van der Waals surface area contributed by atoms with Gasteiger partial charge >= 0.3 is 5.97 Å². The van der Waals surface area contributed by atoms with Crippen molar-refractivity contribution in [1.29, 1.82) is 0 Å². The molecular formula is C13H15ClN4O3. The molecule has 0 bridgehead atoms. The van der Waals surface area contributed by atoms with Crippen molar-refractivity contribution in [2.24, 2.45) is 0 Å². The van der Waals surface area contributed by atoms with Crippen LogP contribution in [0.5, 0.6) is 0 Å². The molecule has 0 saturated heterocycles. The minimum absolute atomic E-state index is 0.0830. The molecule has 0 aliphatic heterocycles. The van der Waals surface area contributed by atoms with E-state index in [0.717, 1.165) is 10.4 Å². The zero-order chi connectivity index (χ0) is 15.6. The molecule has 0 radical (unpaired) electrons. The second kappa shape index (κ2) is 6.09. The van der Waals surface area contributed by atoms with Gasteiger partial charge in [0.15, 0.2) is 5.69 Å². The van der Waals surface area contributed by atoms with Crippen LogP contribution >= 0.6 is 11.6 Å². The van der Waals surface area contributed by atoms with E-state index in [2.05, 4.69) is 10.2 Å². The van der Waals surface area contributed by atoms with Crippen LogP contribution in [0.25, 0.3) is 0 Å². The van der Waals surface area contributed by atoms with Crippen molar-refractivity contribution in [1.82, 2.24) is 19.6 Å². The highest BCUT2D eigenvalue weighted by atomic mass is 35.5. The van der Waals surface area contributed by atoms with Crippen LogP contribution in [0.15, 0.2) is 16.9 Å². The van der Waals surface area contributed by atoms with Gasteiger partial charge in [0, 0.05) is 12.6 Å². The first kappa shape index (κ1) is 15.2. The number of aromatic carboxylic acids is 1. The molecule has 112 valence electrons. The van der Waals surface area contributed by atoms with Crippen molar-refractivity contribution in [2.75, 3.05) is 0 Å². The van der Waals surface area contributed by atoms with Crippen molar-refractivity contribution >= 4 is 17.6 Å². The Morgan fingerprint density at radius 2 is 2.00 bits per heavy atom. The SMILES string of the molecule is CCc1nn(CC)c(Cn2nc(C(=O)O)ccc2=O)c1Cl. The number of hydrogen-bond acceptors (Lipinski definition) is 4. The maximum Gasteiger partial charge on any atom is 0.356 e. The minimum Gasteiger partial charge on any atom is -0.476 e. The second-order valence-corrected chi connectivity index (χ2v) is 4.77. The van der Waals surface area contributed by atoms with E-state index in [1.165, 1.54) is 12.1 Å². The van der Waals surface area contributed by atoms with Gasteiger partial charge < -0.3 is 5.11 Å². The molecule has 2 heterocycles. The van der Waals surface area contributed by atoms with E-state index in [1.807, 2.05) is 13.8 Å². The number of rotatable bonds is 5. The van der Waals surface area contributed by atoms with Gasteiger partial charge in [-0.25, -0.2) is 9.48 Å². The molecule has 0 spiro atoms. The molecule has 0 saturated carbocycles. The Morgan fingerprint density at radius 3 is 2.57 bits per heavy atom. The van der Waals surface area contributed by atoms with Gasteiger partial charge in [0.2, 0.25) is 0 Å². The average molecular weight is 311 g/mol. The van der Waals surface area contributed by atoms with Gasteiger partial charge in [-0.1, -0.05) is 18.5 Å². The monoisotopic (exact) mass is 310 g/mol. The first-order valence-electron chi connectivity index (χ1n) is 6.53. The summed E-state index contributed by atoms with van der Waals surface area (Å²) in [5.41, 5.74) is 0.811. The van der Waals surface area contributed by atoms with Crippen LogP contribution < -0.4 is 5.56 Å². The molecule has 0 aliphatic carbocycles. The van der Waals surface area contributed by atoms with E-state index in [-0.39, 0.29) is 12.2 Å². The van der Waals surface area contributed by atoms with E-state index in [1.54, 1.807) is 4.68 Å². The summed E-state index contributed by atoms with van der Waals surface area (Å²) in [7, 11) is 0. The van der Waals surface area contributed by atoms with Crippen LogP contribution in [-0.2, 0) is 19.5 Å². The molecular weight excluding hydrogens is 296 g/mol. The van der Waals surface area contributed by atoms with Gasteiger partial charge in [-0.15, -0.1) is 0 Å². The summed E-state index contributed by atoms with van der Waals surface area (Å²) in [5, 5.41) is 17.6. The van der Waals surface area contributed by atoms with E-state index >= 15 is 0 Å².